The van der Waals surface area contributed by atoms with Gasteiger partial charge in [0.1, 0.15) is 0 Å². The van der Waals surface area contributed by atoms with E-state index in [0.29, 0.717) is 0 Å². The number of hydrogen-bond acceptors (Lipinski definition) is 2. The fourth-order valence-corrected chi connectivity index (χ4v) is 3.89. The van der Waals surface area contributed by atoms with Crippen molar-refractivity contribution in [3.05, 3.63) is 33.8 Å². The van der Waals surface area contributed by atoms with Gasteiger partial charge in [0.15, 0.2) is 0 Å². The van der Waals surface area contributed by atoms with Gasteiger partial charge in [0.05, 0.1) is 17.3 Å². The average Bonchev–Trinajstić information content (AvgIpc) is 2.44. The predicted octanol–water partition coefficient (Wildman–Crippen LogP) is 4.38. The lowest BCUT2D eigenvalue weighted by molar-refractivity contribution is -0.0880. The SMILES string of the molecule is Cc1cc(Br)cc(C(O)C2CC(C)(C)OC2(C)C)c1. The van der Waals surface area contributed by atoms with E-state index in [1.54, 1.807) is 0 Å². The average molecular weight is 327 g/mol. The van der Waals surface area contributed by atoms with Gasteiger partial charge in [0.25, 0.3) is 0 Å². The molecule has 0 aliphatic carbocycles. The van der Waals surface area contributed by atoms with Crippen LogP contribution in [0.1, 0.15) is 51.3 Å². The van der Waals surface area contributed by atoms with Crippen LogP contribution in [0.15, 0.2) is 22.7 Å². The Bertz CT molecular complexity index is 459. The normalized spacial score (nSPS) is 26.4. The van der Waals surface area contributed by atoms with Crippen LogP contribution in [0.2, 0.25) is 0 Å². The van der Waals surface area contributed by atoms with Crippen molar-refractivity contribution in [1.82, 2.24) is 0 Å². The molecule has 0 bridgehead atoms. The molecule has 19 heavy (non-hydrogen) atoms. The second-order valence-corrected chi connectivity index (χ2v) is 7.70. The van der Waals surface area contributed by atoms with E-state index in [-0.39, 0.29) is 17.1 Å². The molecule has 2 unspecified atom stereocenters. The molecule has 0 amide bonds. The van der Waals surface area contributed by atoms with Crippen molar-refractivity contribution in [2.75, 3.05) is 0 Å². The molecule has 106 valence electrons. The summed E-state index contributed by atoms with van der Waals surface area (Å²) in [6.45, 7) is 10.4. The van der Waals surface area contributed by atoms with Gasteiger partial charge in [-0.3, -0.25) is 0 Å². The molecule has 0 spiro atoms. The van der Waals surface area contributed by atoms with Crippen LogP contribution in [0, 0.1) is 12.8 Å². The molecule has 1 aliphatic heterocycles. The van der Waals surface area contributed by atoms with E-state index in [2.05, 4.69) is 55.8 Å². The van der Waals surface area contributed by atoms with Gasteiger partial charge in [0, 0.05) is 10.4 Å². The number of hydrogen-bond donors (Lipinski definition) is 1. The first-order valence-electron chi connectivity index (χ1n) is 6.76. The molecule has 0 radical (unpaired) electrons. The summed E-state index contributed by atoms with van der Waals surface area (Å²) >= 11 is 3.50. The third-order valence-corrected chi connectivity index (χ3v) is 4.39. The van der Waals surface area contributed by atoms with Gasteiger partial charge >= 0.3 is 0 Å². The summed E-state index contributed by atoms with van der Waals surface area (Å²) in [4.78, 5) is 0. The zero-order valence-electron chi connectivity index (χ0n) is 12.3. The number of aliphatic hydroxyl groups excluding tert-OH is 1. The second-order valence-electron chi connectivity index (χ2n) is 6.78. The van der Waals surface area contributed by atoms with E-state index >= 15 is 0 Å². The maximum atomic E-state index is 10.7. The Morgan fingerprint density at radius 1 is 1.26 bits per heavy atom. The molecule has 1 aromatic carbocycles. The van der Waals surface area contributed by atoms with E-state index in [1.807, 2.05) is 13.0 Å². The fraction of sp³-hybridized carbons (Fsp3) is 0.625. The molecule has 1 aromatic rings. The highest BCUT2D eigenvalue weighted by molar-refractivity contribution is 9.10. The molecule has 1 heterocycles. The summed E-state index contributed by atoms with van der Waals surface area (Å²) < 4.78 is 7.09. The molecular weight excluding hydrogens is 304 g/mol. The van der Waals surface area contributed by atoms with E-state index in [1.165, 1.54) is 0 Å². The van der Waals surface area contributed by atoms with Gasteiger partial charge in [-0.05, 0) is 64.3 Å². The Labute approximate surface area is 124 Å². The van der Waals surface area contributed by atoms with Crippen LogP contribution < -0.4 is 0 Å². The summed E-state index contributed by atoms with van der Waals surface area (Å²) in [5, 5.41) is 10.7. The molecule has 2 atom stereocenters. The third-order valence-electron chi connectivity index (χ3n) is 3.93. The summed E-state index contributed by atoms with van der Waals surface area (Å²) in [7, 11) is 0. The highest BCUT2D eigenvalue weighted by atomic mass is 79.9. The Morgan fingerprint density at radius 3 is 2.37 bits per heavy atom. The minimum Gasteiger partial charge on any atom is -0.388 e. The highest BCUT2D eigenvalue weighted by Crippen LogP contribution is 2.47. The quantitative estimate of drug-likeness (QED) is 0.873. The lowest BCUT2D eigenvalue weighted by atomic mass is 9.80. The maximum Gasteiger partial charge on any atom is 0.0847 e. The molecule has 2 rings (SSSR count). The van der Waals surface area contributed by atoms with Crippen LogP contribution in [0.5, 0.6) is 0 Å². The minimum atomic E-state index is -0.493. The Hall–Kier alpha value is -0.380. The second kappa shape index (κ2) is 4.87. The lowest BCUT2D eigenvalue weighted by Crippen LogP contribution is -2.32. The molecule has 1 aliphatic rings. The van der Waals surface area contributed by atoms with Gasteiger partial charge in [-0.1, -0.05) is 22.0 Å². The molecule has 1 N–H and O–H groups in total. The van der Waals surface area contributed by atoms with Crippen LogP contribution in [-0.2, 0) is 4.74 Å². The van der Waals surface area contributed by atoms with Crippen LogP contribution in [-0.4, -0.2) is 16.3 Å². The topological polar surface area (TPSA) is 29.5 Å². The van der Waals surface area contributed by atoms with Crippen molar-refractivity contribution >= 4 is 15.9 Å². The van der Waals surface area contributed by atoms with Crippen molar-refractivity contribution in [3.8, 4) is 0 Å². The Balaban J connectivity index is 2.31. The van der Waals surface area contributed by atoms with Crippen molar-refractivity contribution in [2.24, 2.45) is 5.92 Å². The first-order valence-corrected chi connectivity index (χ1v) is 7.55. The molecule has 0 saturated carbocycles. The van der Waals surface area contributed by atoms with Gasteiger partial charge in [0.2, 0.25) is 0 Å². The van der Waals surface area contributed by atoms with Crippen LogP contribution >= 0.6 is 15.9 Å². The number of benzene rings is 1. The zero-order chi connectivity index (χ0) is 14.4. The number of aliphatic hydroxyl groups is 1. The summed E-state index contributed by atoms with van der Waals surface area (Å²) in [6, 6.07) is 6.10. The third kappa shape index (κ3) is 3.21. The summed E-state index contributed by atoms with van der Waals surface area (Å²) in [5.74, 6) is 0.108. The maximum absolute atomic E-state index is 10.7. The van der Waals surface area contributed by atoms with Crippen molar-refractivity contribution < 1.29 is 9.84 Å². The fourth-order valence-electron chi connectivity index (χ4n) is 3.26. The minimum absolute atomic E-state index is 0.108. The first kappa shape index (κ1) is 15.0. The summed E-state index contributed by atoms with van der Waals surface area (Å²) in [6.07, 6.45) is 0.375. The van der Waals surface area contributed by atoms with E-state index in [9.17, 15) is 5.11 Å². The molecule has 1 fully saturated rings. The van der Waals surface area contributed by atoms with Crippen molar-refractivity contribution in [3.63, 3.8) is 0 Å². The smallest absolute Gasteiger partial charge is 0.0847 e. The molecule has 1 saturated heterocycles. The number of halogens is 1. The number of ether oxygens (including phenoxy) is 1. The van der Waals surface area contributed by atoms with Crippen molar-refractivity contribution in [1.29, 1.82) is 0 Å². The van der Waals surface area contributed by atoms with Crippen LogP contribution in [0.25, 0.3) is 0 Å². The number of aryl methyl sites for hydroxylation is 1. The Morgan fingerprint density at radius 2 is 1.89 bits per heavy atom. The highest BCUT2D eigenvalue weighted by Gasteiger charge is 2.49. The standard InChI is InChI=1S/C16H23BrO2/c1-10-6-11(8-12(17)7-10)14(18)13-9-15(2,3)19-16(13,4)5/h6-8,13-14,18H,9H2,1-5H3. The van der Waals surface area contributed by atoms with E-state index < -0.39 is 6.10 Å². The Kier molecular flexibility index (Phi) is 3.85. The van der Waals surface area contributed by atoms with Gasteiger partial charge in [-0.2, -0.15) is 0 Å². The van der Waals surface area contributed by atoms with Crippen molar-refractivity contribution in [2.45, 2.75) is 58.3 Å². The predicted molar refractivity (Wildman–Crippen MR) is 81.2 cm³/mol. The van der Waals surface area contributed by atoms with E-state index in [4.69, 9.17) is 4.74 Å². The van der Waals surface area contributed by atoms with Crippen LogP contribution in [0.3, 0.4) is 0 Å². The largest absolute Gasteiger partial charge is 0.388 e. The molecule has 0 aromatic heterocycles. The molecule has 3 heteroatoms. The van der Waals surface area contributed by atoms with Gasteiger partial charge < -0.3 is 9.84 Å². The number of rotatable bonds is 2. The summed E-state index contributed by atoms with van der Waals surface area (Å²) in [5.41, 5.74) is 1.64. The zero-order valence-corrected chi connectivity index (χ0v) is 13.9. The van der Waals surface area contributed by atoms with Gasteiger partial charge in [-0.15, -0.1) is 0 Å². The first-order chi connectivity index (χ1) is 8.61. The monoisotopic (exact) mass is 326 g/mol. The molecule has 2 nitrogen and oxygen atoms in total. The van der Waals surface area contributed by atoms with E-state index in [0.717, 1.165) is 22.0 Å². The molecular formula is C16H23BrO2. The van der Waals surface area contributed by atoms with Crippen LogP contribution in [0.4, 0.5) is 0 Å². The van der Waals surface area contributed by atoms with Gasteiger partial charge in [-0.25, -0.2) is 0 Å². The lowest BCUT2D eigenvalue weighted by Gasteiger charge is -2.30.